The van der Waals surface area contributed by atoms with Gasteiger partial charge in [-0.1, -0.05) is 25.4 Å². The summed E-state index contributed by atoms with van der Waals surface area (Å²) in [5, 5.41) is 0.0202. The standard InChI is InChI=1S/C13H19ClN2O2S/c1-9-5-6-11(10(2)8-9)16-19(17,18)12-4-3-7-15-13(12)14/h3-4,7,9-11,16H,5-6,8H2,1-2H3. The summed E-state index contributed by atoms with van der Waals surface area (Å²) in [7, 11) is -3.59. The van der Waals surface area contributed by atoms with Crippen molar-refractivity contribution in [2.24, 2.45) is 11.8 Å². The molecule has 4 nitrogen and oxygen atoms in total. The number of halogens is 1. The Labute approximate surface area is 119 Å². The van der Waals surface area contributed by atoms with E-state index in [9.17, 15) is 8.42 Å². The maximum Gasteiger partial charge on any atom is 0.243 e. The molecule has 0 bridgehead atoms. The van der Waals surface area contributed by atoms with E-state index in [1.807, 2.05) is 0 Å². The van der Waals surface area contributed by atoms with E-state index in [0.29, 0.717) is 11.8 Å². The smallest absolute Gasteiger partial charge is 0.243 e. The Morgan fingerprint density at radius 1 is 1.37 bits per heavy atom. The lowest BCUT2D eigenvalue weighted by atomic mass is 9.80. The Morgan fingerprint density at radius 3 is 2.74 bits per heavy atom. The van der Waals surface area contributed by atoms with E-state index in [-0.39, 0.29) is 16.1 Å². The highest BCUT2D eigenvalue weighted by Crippen LogP contribution is 2.30. The van der Waals surface area contributed by atoms with Crippen LogP contribution in [0.15, 0.2) is 23.2 Å². The molecule has 2 rings (SSSR count). The minimum Gasteiger partial charge on any atom is -0.243 e. The van der Waals surface area contributed by atoms with E-state index in [1.165, 1.54) is 12.3 Å². The fourth-order valence-electron chi connectivity index (χ4n) is 2.67. The Bertz CT molecular complexity index is 547. The first-order chi connectivity index (χ1) is 8.90. The largest absolute Gasteiger partial charge is 0.243 e. The van der Waals surface area contributed by atoms with Crippen LogP contribution in [0.3, 0.4) is 0 Å². The molecule has 0 saturated heterocycles. The number of hydrogen-bond acceptors (Lipinski definition) is 3. The molecule has 0 aromatic carbocycles. The SMILES string of the molecule is CC1CCC(NS(=O)(=O)c2cccnc2Cl)C(C)C1. The normalized spacial score (nSPS) is 28.3. The molecule has 1 heterocycles. The summed E-state index contributed by atoms with van der Waals surface area (Å²) in [6.07, 6.45) is 4.46. The van der Waals surface area contributed by atoms with Crippen molar-refractivity contribution in [1.82, 2.24) is 9.71 Å². The molecule has 1 saturated carbocycles. The summed E-state index contributed by atoms with van der Waals surface area (Å²) in [5.41, 5.74) is 0. The van der Waals surface area contributed by atoms with Crippen LogP contribution in [0.25, 0.3) is 0 Å². The molecule has 106 valence electrons. The molecule has 1 aliphatic rings. The molecular formula is C13H19ClN2O2S. The predicted molar refractivity (Wildman–Crippen MR) is 75.5 cm³/mol. The van der Waals surface area contributed by atoms with Crippen LogP contribution >= 0.6 is 11.6 Å². The molecule has 0 amide bonds. The highest BCUT2D eigenvalue weighted by atomic mass is 35.5. The zero-order valence-corrected chi connectivity index (χ0v) is 12.7. The topological polar surface area (TPSA) is 59.1 Å². The molecule has 1 aromatic rings. The second-order valence-electron chi connectivity index (χ2n) is 5.42. The highest BCUT2D eigenvalue weighted by Gasteiger charge is 2.30. The fraction of sp³-hybridized carbons (Fsp3) is 0.615. The van der Waals surface area contributed by atoms with E-state index in [2.05, 4.69) is 23.6 Å². The van der Waals surface area contributed by atoms with Gasteiger partial charge in [0.05, 0.1) is 0 Å². The van der Waals surface area contributed by atoms with Crippen molar-refractivity contribution >= 4 is 21.6 Å². The molecule has 1 fully saturated rings. The summed E-state index contributed by atoms with van der Waals surface area (Å²) < 4.78 is 27.4. The first-order valence-corrected chi connectivity index (χ1v) is 8.39. The maximum absolute atomic E-state index is 12.3. The van der Waals surface area contributed by atoms with Gasteiger partial charge < -0.3 is 0 Å². The van der Waals surface area contributed by atoms with Crippen molar-refractivity contribution in [1.29, 1.82) is 0 Å². The quantitative estimate of drug-likeness (QED) is 0.874. The zero-order valence-electron chi connectivity index (χ0n) is 11.1. The second-order valence-corrected chi connectivity index (χ2v) is 7.46. The summed E-state index contributed by atoms with van der Waals surface area (Å²) >= 11 is 5.86. The summed E-state index contributed by atoms with van der Waals surface area (Å²) in [6.45, 7) is 4.30. The molecule has 1 aliphatic carbocycles. The summed E-state index contributed by atoms with van der Waals surface area (Å²) in [6, 6.07) is 3.04. The number of pyridine rings is 1. The molecule has 1 N–H and O–H groups in total. The number of nitrogens with zero attached hydrogens (tertiary/aromatic N) is 1. The molecule has 1 aromatic heterocycles. The van der Waals surface area contributed by atoms with E-state index in [0.717, 1.165) is 19.3 Å². The van der Waals surface area contributed by atoms with Crippen LogP contribution in [0.4, 0.5) is 0 Å². The van der Waals surface area contributed by atoms with Crippen molar-refractivity contribution in [2.75, 3.05) is 0 Å². The van der Waals surface area contributed by atoms with Crippen LogP contribution in [-0.4, -0.2) is 19.4 Å². The Morgan fingerprint density at radius 2 is 2.11 bits per heavy atom. The van der Waals surface area contributed by atoms with Gasteiger partial charge in [0.1, 0.15) is 10.0 Å². The van der Waals surface area contributed by atoms with Gasteiger partial charge >= 0.3 is 0 Å². The number of nitrogens with one attached hydrogen (secondary N) is 1. The van der Waals surface area contributed by atoms with E-state index >= 15 is 0 Å². The van der Waals surface area contributed by atoms with Gasteiger partial charge in [0.25, 0.3) is 0 Å². The third kappa shape index (κ3) is 3.46. The van der Waals surface area contributed by atoms with E-state index < -0.39 is 10.0 Å². The van der Waals surface area contributed by atoms with Crippen molar-refractivity contribution < 1.29 is 8.42 Å². The third-order valence-electron chi connectivity index (χ3n) is 3.75. The summed E-state index contributed by atoms with van der Waals surface area (Å²) in [5.74, 6) is 1.01. The van der Waals surface area contributed by atoms with Gasteiger partial charge in [0, 0.05) is 12.2 Å². The maximum atomic E-state index is 12.3. The molecule has 3 unspecified atom stereocenters. The average molecular weight is 303 g/mol. The number of sulfonamides is 1. The number of hydrogen-bond donors (Lipinski definition) is 1. The second kappa shape index (κ2) is 5.77. The molecule has 0 spiro atoms. The van der Waals surface area contributed by atoms with Crippen LogP contribution in [-0.2, 0) is 10.0 Å². The Kier molecular flexibility index (Phi) is 4.48. The lowest BCUT2D eigenvalue weighted by Crippen LogP contribution is -2.42. The molecule has 0 radical (unpaired) electrons. The van der Waals surface area contributed by atoms with Crippen molar-refractivity contribution in [3.8, 4) is 0 Å². The van der Waals surface area contributed by atoms with Crippen LogP contribution < -0.4 is 4.72 Å². The monoisotopic (exact) mass is 302 g/mol. The highest BCUT2D eigenvalue weighted by molar-refractivity contribution is 7.89. The van der Waals surface area contributed by atoms with Crippen LogP contribution in [0.1, 0.15) is 33.1 Å². The Hall–Kier alpha value is -0.650. The van der Waals surface area contributed by atoms with E-state index in [4.69, 9.17) is 11.6 Å². The number of rotatable bonds is 3. The molecule has 6 heteroatoms. The first-order valence-electron chi connectivity index (χ1n) is 6.53. The molecule has 3 atom stereocenters. The van der Waals surface area contributed by atoms with E-state index in [1.54, 1.807) is 6.07 Å². The third-order valence-corrected chi connectivity index (χ3v) is 5.69. The fourth-order valence-corrected chi connectivity index (χ4v) is 4.51. The van der Waals surface area contributed by atoms with Crippen LogP contribution in [0.2, 0.25) is 5.15 Å². The molecule has 19 heavy (non-hydrogen) atoms. The van der Waals surface area contributed by atoms with Crippen LogP contribution in [0, 0.1) is 11.8 Å². The van der Waals surface area contributed by atoms with Crippen molar-refractivity contribution in [2.45, 2.75) is 44.0 Å². The van der Waals surface area contributed by atoms with Gasteiger partial charge in [-0.2, -0.15) is 0 Å². The van der Waals surface area contributed by atoms with Gasteiger partial charge in [-0.25, -0.2) is 18.1 Å². The lowest BCUT2D eigenvalue weighted by Gasteiger charge is -2.32. The van der Waals surface area contributed by atoms with Gasteiger partial charge in [-0.15, -0.1) is 0 Å². The predicted octanol–water partition coefficient (Wildman–Crippen LogP) is 2.84. The lowest BCUT2D eigenvalue weighted by molar-refractivity contribution is 0.249. The average Bonchev–Trinajstić information content (AvgIpc) is 2.33. The number of aromatic nitrogens is 1. The molecule has 0 aliphatic heterocycles. The van der Waals surface area contributed by atoms with Gasteiger partial charge in [0.2, 0.25) is 10.0 Å². The van der Waals surface area contributed by atoms with Crippen molar-refractivity contribution in [3.63, 3.8) is 0 Å². The minimum atomic E-state index is -3.59. The van der Waals surface area contributed by atoms with Crippen molar-refractivity contribution in [3.05, 3.63) is 23.5 Å². The minimum absolute atomic E-state index is 0.0162. The molecular weight excluding hydrogens is 284 g/mol. The first kappa shape index (κ1) is 14.8. The summed E-state index contributed by atoms with van der Waals surface area (Å²) in [4.78, 5) is 3.87. The van der Waals surface area contributed by atoms with Gasteiger partial charge in [-0.3, -0.25) is 0 Å². The van der Waals surface area contributed by atoms with Gasteiger partial charge in [-0.05, 0) is 43.2 Å². The van der Waals surface area contributed by atoms with Gasteiger partial charge in [0.15, 0.2) is 0 Å². The van der Waals surface area contributed by atoms with Crippen LogP contribution in [0.5, 0.6) is 0 Å². The Balaban J connectivity index is 2.16. The zero-order chi connectivity index (χ0) is 14.0.